The van der Waals surface area contributed by atoms with Gasteiger partial charge in [-0.15, -0.1) is 0 Å². The standard InChI is InChI=1S/C23H26N6O2/c1-12(2)20(15-5-6-18-19(9-15)31-8-7-30-18)27-23-16-10-17(26-22(16)24-11-25-23)21-13(3)14(4)28-29-21/h5-6,9-12,20H,7-8H2,1-4H3,(H,28,29)(H2,24,25,26,27)/t20-/m1/s1. The molecule has 4 heterocycles. The first kappa shape index (κ1) is 19.4. The lowest BCUT2D eigenvalue weighted by Crippen LogP contribution is -2.19. The summed E-state index contributed by atoms with van der Waals surface area (Å²) in [5.41, 5.74) is 5.88. The van der Waals surface area contributed by atoms with Gasteiger partial charge >= 0.3 is 0 Å². The maximum atomic E-state index is 5.79. The molecule has 0 saturated carbocycles. The zero-order valence-corrected chi connectivity index (χ0v) is 18.1. The molecule has 3 aromatic heterocycles. The van der Waals surface area contributed by atoms with Crippen LogP contribution in [0.1, 0.15) is 36.7 Å². The third kappa shape index (κ3) is 3.48. The second-order valence-corrected chi connectivity index (χ2v) is 8.26. The van der Waals surface area contributed by atoms with Crippen LogP contribution in [0, 0.1) is 19.8 Å². The molecule has 8 heteroatoms. The fraction of sp³-hybridized carbons (Fsp3) is 0.348. The van der Waals surface area contributed by atoms with E-state index in [1.165, 1.54) is 0 Å². The van der Waals surface area contributed by atoms with Gasteiger partial charge in [0.2, 0.25) is 0 Å². The fourth-order valence-electron chi connectivity index (χ4n) is 3.97. The molecule has 1 atom stereocenters. The van der Waals surface area contributed by atoms with E-state index in [-0.39, 0.29) is 6.04 Å². The van der Waals surface area contributed by atoms with Crippen LogP contribution in [0.2, 0.25) is 0 Å². The van der Waals surface area contributed by atoms with E-state index in [4.69, 9.17) is 9.47 Å². The minimum atomic E-state index is 0.0432. The van der Waals surface area contributed by atoms with E-state index >= 15 is 0 Å². The topological polar surface area (TPSA) is 101 Å². The van der Waals surface area contributed by atoms with Crippen LogP contribution in [-0.2, 0) is 0 Å². The molecule has 1 aromatic carbocycles. The molecule has 1 aliphatic rings. The van der Waals surface area contributed by atoms with Crippen molar-refractivity contribution in [3.63, 3.8) is 0 Å². The molecule has 0 saturated heterocycles. The number of H-pyrrole nitrogens is 2. The summed E-state index contributed by atoms with van der Waals surface area (Å²) in [6.45, 7) is 9.60. The van der Waals surface area contributed by atoms with Crippen LogP contribution in [0.5, 0.6) is 11.5 Å². The summed E-state index contributed by atoms with van der Waals surface area (Å²) in [4.78, 5) is 12.4. The minimum Gasteiger partial charge on any atom is -0.486 e. The molecule has 4 aromatic rings. The van der Waals surface area contributed by atoms with E-state index in [1.54, 1.807) is 6.33 Å². The number of ether oxygens (including phenoxy) is 2. The number of fused-ring (bicyclic) bond motifs is 2. The summed E-state index contributed by atoms with van der Waals surface area (Å²) in [6.07, 6.45) is 1.58. The quantitative estimate of drug-likeness (QED) is 0.440. The molecule has 0 radical (unpaired) electrons. The first-order valence-corrected chi connectivity index (χ1v) is 10.5. The number of hydrogen-bond acceptors (Lipinski definition) is 6. The van der Waals surface area contributed by atoms with E-state index in [1.807, 2.05) is 13.0 Å². The Bertz CT molecular complexity index is 1240. The highest BCUT2D eigenvalue weighted by molar-refractivity contribution is 5.91. The van der Waals surface area contributed by atoms with Crippen LogP contribution in [0.25, 0.3) is 22.4 Å². The Morgan fingerprint density at radius 3 is 2.58 bits per heavy atom. The van der Waals surface area contributed by atoms with E-state index < -0.39 is 0 Å². The highest BCUT2D eigenvalue weighted by Crippen LogP contribution is 2.37. The zero-order chi connectivity index (χ0) is 21.5. The lowest BCUT2D eigenvalue weighted by Gasteiger charge is -2.26. The van der Waals surface area contributed by atoms with Gasteiger partial charge in [0.05, 0.1) is 17.1 Å². The summed E-state index contributed by atoms with van der Waals surface area (Å²) in [6, 6.07) is 8.22. The number of aryl methyl sites for hydroxylation is 1. The van der Waals surface area contributed by atoms with Gasteiger partial charge < -0.3 is 19.8 Å². The Morgan fingerprint density at radius 2 is 1.84 bits per heavy atom. The smallest absolute Gasteiger partial charge is 0.161 e. The number of aromatic amines is 2. The molecule has 0 aliphatic carbocycles. The third-order valence-electron chi connectivity index (χ3n) is 5.82. The van der Waals surface area contributed by atoms with Crippen molar-refractivity contribution in [2.75, 3.05) is 18.5 Å². The predicted octanol–water partition coefficient (Wildman–Crippen LogP) is 4.55. The van der Waals surface area contributed by atoms with Crippen LogP contribution < -0.4 is 14.8 Å². The first-order valence-electron chi connectivity index (χ1n) is 10.5. The van der Waals surface area contributed by atoms with Gasteiger partial charge in [-0.1, -0.05) is 19.9 Å². The number of hydrogen-bond donors (Lipinski definition) is 3. The maximum absolute atomic E-state index is 5.79. The van der Waals surface area contributed by atoms with Crippen LogP contribution in [0.15, 0.2) is 30.6 Å². The Hall–Kier alpha value is -3.55. The summed E-state index contributed by atoms with van der Waals surface area (Å²) in [5.74, 6) is 2.69. The average Bonchev–Trinajstić information content (AvgIpc) is 3.35. The van der Waals surface area contributed by atoms with Crippen LogP contribution in [-0.4, -0.2) is 38.4 Å². The van der Waals surface area contributed by atoms with Gasteiger partial charge in [-0.25, -0.2) is 9.97 Å². The molecular weight excluding hydrogens is 392 g/mol. The number of rotatable bonds is 5. The molecule has 31 heavy (non-hydrogen) atoms. The van der Waals surface area contributed by atoms with Crippen LogP contribution in [0.3, 0.4) is 0 Å². The van der Waals surface area contributed by atoms with Gasteiger partial charge in [0.25, 0.3) is 0 Å². The van der Waals surface area contributed by atoms with Gasteiger partial charge in [0.15, 0.2) is 11.5 Å². The zero-order valence-electron chi connectivity index (χ0n) is 18.1. The Morgan fingerprint density at radius 1 is 1.03 bits per heavy atom. The Kier molecular flexibility index (Phi) is 4.77. The lowest BCUT2D eigenvalue weighted by molar-refractivity contribution is 0.171. The molecule has 0 unspecified atom stereocenters. The van der Waals surface area contributed by atoms with Crippen molar-refractivity contribution >= 4 is 16.9 Å². The molecule has 160 valence electrons. The predicted molar refractivity (Wildman–Crippen MR) is 120 cm³/mol. The molecular formula is C23H26N6O2. The molecule has 0 amide bonds. The third-order valence-corrected chi connectivity index (χ3v) is 5.82. The Balaban J connectivity index is 1.51. The minimum absolute atomic E-state index is 0.0432. The number of nitrogens with one attached hydrogen (secondary N) is 3. The van der Waals surface area contributed by atoms with Gasteiger partial charge in [-0.2, -0.15) is 5.10 Å². The van der Waals surface area contributed by atoms with Crippen LogP contribution in [0.4, 0.5) is 5.82 Å². The van der Waals surface area contributed by atoms with Crippen molar-refractivity contribution in [3.05, 3.63) is 47.4 Å². The van der Waals surface area contributed by atoms with Crippen molar-refractivity contribution in [1.29, 1.82) is 0 Å². The van der Waals surface area contributed by atoms with E-state index in [0.717, 1.165) is 56.6 Å². The van der Waals surface area contributed by atoms with Crippen molar-refractivity contribution in [1.82, 2.24) is 25.1 Å². The van der Waals surface area contributed by atoms with E-state index in [9.17, 15) is 0 Å². The van der Waals surface area contributed by atoms with Crippen LogP contribution >= 0.6 is 0 Å². The van der Waals surface area contributed by atoms with Crippen molar-refractivity contribution in [3.8, 4) is 22.9 Å². The van der Waals surface area contributed by atoms with Crippen molar-refractivity contribution < 1.29 is 9.47 Å². The number of anilines is 1. The molecule has 0 bridgehead atoms. The number of aromatic nitrogens is 5. The Labute approximate surface area is 180 Å². The summed E-state index contributed by atoms with van der Waals surface area (Å²) in [5, 5.41) is 12.0. The SMILES string of the molecule is Cc1[nH]nc(-c2cc3c(N[C@@H](c4ccc5c(c4)OCCO5)C(C)C)ncnc3[nH]2)c1C. The van der Waals surface area contributed by atoms with Gasteiger partial charge in [0.1, 0.15) is 36.7 Å². The highest BCUT2D eigenvalue weighted by Gasteiger charge is 2.22. The molecule has 5 rings (SSSR count). The fourth-order valence-corrected chi connectivity index (χ4v) is 3.97. The monoisotopic (exact) mass is 418 g/mol. The second kappa shape index (κ2) is 7.61. The summed E-state index contributed by atoms with van der Waals surface area (Å²) < 4.78 is 11.5. The normalized spacial score (nSPS) is 14.2. The molecule has 8 nitrogen and oxygen atoms in total. The first-order chi connectivity index (χ1) is 15.0. The maximum Gasteiger partial charge on any atom is 0.161 e. The van der Waals surface area contributed by atoms with Gasteiger partial charge in [-0.3, -0.25) is 5.10 Å². The largest absolute Gasteiger partial charge is 0.486 e. The molecule has 3 N–H and O–H groups in total. The van der Waals surface area contributed by atoms with Crippen molar-refractivity contribution in [2.45, 2.75) is 33.7 Å². The number of nitrogens with zero attached hydrogens (tertiary/aromatic N) is 3. The number of benzene rings is 1. The van der Waals surface area contributed by atoms with Gasteiger partial charge in [-0.05, 0) is 49.1 Å². The molecule has 0 fully saturated rings. The lowest BCUT2D eigenvalue weighted by atomic mass is 9.95. The molecule has 1 aliphatic heterocycles. The average molecular weight is 419 g/mol. The van der Waals surface area contributed by atoms with Gasteiger partial charge in [0, 0.05) is 5.69 Å². The van der Waals surface area contributed by atoms with E-state index in [2.05, 4.69) is 69.4 Å². The van der Waals surface area contributed by atoms with E-state index in [0.29, 0.717) is 19.1 Å². The second-order valence-electron chi connectivity index (χ2n) is 8.26. The summed E-state index contributed by atoms with van der Waals surface area (Å²) in [7, 11) is 0. The molecule has 0 spiro atoms. The summed E-state index contributed by atoms with van der Waals surface area (Å²) >= 11 is 0. The van der Waals surface area contributed by atoms with Crippen molar-refractivity contribution in [2.24, 2.45) is 5.92 Å². The highest BCUT2D eigenvalue weighted by atomic mass is 16.6.